The molecule has 0 aliphatic carbocycles. The van der Waals surface area contributed by atoms with Crippen molar-refractivity contribution in [2.75, 3.05) is 0 Å². The molecule has 0 spiro atoms. The van der Waals surface area contributed by atoms with Crippen molar-refractivity contribution in [3.8, 4) is 0 Å². The minimum Gasteiger partial charge on any atom is -0.337 e. The highest BCUT2D eigenvalue weighted by Gasteiger charge is 2.34. The Morgan fingerprint density at radius 1 is 0.722 bits per heavy atom. The molecule has 0 radical (unpaired) electrons. The molecule has 0 heterocycles. The molecule has 18 heavy (non-hydrogen) atoms. The quantitative estimate of drug-likeness (QED) is 0.609. The molecule has 0 saturated carbocycles. The molecule has 0 aliphatic rings. The smallest absolute Gasteiger partial charge is 0.224 e. The summed E-state index contributed by atoms with van der Waals surface area (Å²) < 4.78 is 0. The Kier molecular flexibility index (Phi) is 6.46. The van der Waals surface area contributed by atoms with Crippen LogP contribution in [-0.4, -0.2) is 23.7 Å². The average Bonchev–Trinajstić information content (AvgIpc) is 1.93. The van der Waals surface area contributed by atoms with Crippen molar-refractivity contribution < 1.29 is 0 Å². The van der Waals surface area contributed by atoms with E-state index in [1.165, 1.54) is 12.6 Å². The van der Waals surface area contributed by atoms with Crippen LogP contribution in [0.1, 0.15) is 69.2 Å². The zero-order valence-electron chi connectivity index (χ0n) is 14.6. The summed E-state index contributed by atoms with van der Waals surface area (Å²) in [5.41, 5.74) is 0.801. The number of hydrogen-bond acceptors (Lipinski definition) is 1. The summed E-state index contributed by atoms with van der Waals surface area (Å²) in [5, 5.41) is 0. The third kappa shape index (κ3) is 7.46. The van der Waals surface area contributed by atoms with E-state index in [0.29, 0.717) is 29.8 Å². The molecule has 0 fully saturated rings. The maximum atomic E-state index is 2.70. The summed E-state index contributed by atoms with van der Waals surface area (Å²) in [7, 11) is 0. The standard InChI is InChI=1S/C16H36BN/c1-13(2)18(14(3)4)17(11-15(5,6)7)12-16(8,9)10/h13-14H,11-12H2,1-10H3. The van der Waals surface area contributed by atoms with Crippen LogP contribution in [0.25, 0.3) is 0 Å². The Hall–Kier alpha value is 0.0249. The Labute approximate surface area is 117 Å². The van der Waals surface area contributed by atoms with Crippen molar-refractivity contribution in [1.29, 1.82) is 0 Å². The number of rotatable bonds is 5. The maximum Gasteiger partial charge on any atom is 0.224 e. The minimum absolute atomic E-state index is 0.401. The predicted molar refractivity (Wildman–Crippen MR) is 86.4 cm³/mol. The van der Waals surface area contributed by atoms with Gasteiger partial charge in [0.2, 0.25) is 6.85 Å². The molecule has 0 saturated heterocycles. The van der Waals surface area contributed by atoms with Crippen molar-refractivity contribution in [1.82, 2.24) is 4.81 Å². The molecule has 0 atom stereocenters. The van der Waals surface area contributed by atoms with Gasteiger partial charge in [-0.1, -0.05) is 81.9 Å². The van der Waals surface area contributed by atoms with Gasteiger partial charge in [-0.3, -0.25) is 0 Å². The summed E-state index contributed by atoms with van der Waals surface area (Å²) in [5.74, 6) is 0. The summed E-state index contributed by atoms with van der Waals surface area (Å²) >= 11 is 0. The van der Waals surface area contributed by atoms with Crippen LogP contribution in [-0.2, 0) is 0 Å². The van der Waals surface area contributed by atoms with E-state index in [4.69, 9.17) is 0 Å². The van der Waals surface area contributed by atoms with E-state index in [2.05, 4.69) is 74.0 Å². The Balaban J connectivity index is 5.05. The average molecular weight is 253 g/mol. The molecule has 0 bridgehead atoms. The highest BCUT2D eigenvalue weighted by molar-refractivity contribution is 6.56. The second kappa shape index (κ2) is 6.46. The molecule has 0 aromatic carbocycles. The lowest BCUT2D eigenvalue weighted by molar-refractivity contribution is 0.283. The minimum atomic E-state index is 0.401. The van der Waals surface area contributed by atoms with Crippen molar-refractivity contribution in [3.63, 3.8) is 0 Å². The summed E-state index contributed by atoms with van der Waals surface area (Å²) in [4.78, 5) is 2.70. The molecule has 0 N–H and O–H groups in total. The first-order valence-electron chi connectivity index (χ1n) is 7.61. The van der Waals surface area contributed by atoms with Gasteiger partial charge in [0.15, 0.2) is 0 Å². The van der Waals surface area contributed by atoms with Crippen LogP contribution in [0.3, 0.4) is 0 Å². The Morgan fingerprint density at radius 2 is 1.00 bits per heavy atom. The monoisotopic (exact) mass is 253 g/mol. The highest BCUT2D eigenvalue weighted by atomic mass is 15.1. The summed E-state index contributed by atoms with van der Waals surface area (Å²) in [6.45, 7) is 24.2. The number of hydrogen-bond donors (Lipinski definition) is 0. The van der Waals surface area contributed by atoms with Gasteiger partial charge >= 0.3 is 0 Å². The van der Waals surface area contributed by atoms with Crippen molar-refractivity contribution in [3.05, 3.63) is 0 Å². The fraction of sp³-hybridized carbons (Fsp3) is 1.00. The van der Waals surface area contributed by atoms with Crippen molar-refractivity contribution >= 4 is 6.85 Å². The molecule has 0 rings (SSSR count). The molecule has 0 aromatic heterocycles. The van der Waals surface area contributed by atoms with E-state index in [-0.39, 0.29) is 0 Å². The molecule has 0 unspecified atom stereocenters. The fourth-order valence-corrected chi connectivity index (χ4v) is 3.14. The molecule has 108 valence electrons. The maximum absolute atomic E-state index is 2.70. The number of nitrogens with zero attached hydrogens (tertiary/aromatic N) is 1. The topological polar surface area (TPSA) is 3.24 Å². The molecule has 0 amide bonds. The lowest BCUT2D eigenvalue weighted by Crippen LogP contribution is -2.50. The normalized spacial score (nSPS) is 13.8. The van der Waals surface area contributed by atoms with Gasteiger partial charge in [-0.05, 0) is 22.9 Å². The Bertz CT molecular complexity index is 208. The first kappa shape index (κ1) is 18.0. The van der Waals surface area contributed by atoms with Gasteiger partial charge in [0.1, 0.15) is 0 Å². The second-order valence-electron chi connectivity index (χ2n) is 8.82. The predicted octanol–water partition coefficient (Wildman–Crippen LogP) is 5.19. The van der Waals surface area contributed by atoms with Crippen molar-refractivity contribution in [2.45, 2.75) is 94.0 Å². The highest BCUT2D eigenvalue weighted by Crippen LogP contribution is 2.32. The Morgan fingerprint density at radius 3 is 1.17 bits per heavy atom. The van der Waals surface area contributed by atoms with Crippen molar-refractivity contribution in [2.24, 2.45) is 10.8 Å². The van der Waals surface area contributed by atoms with E-state index in [0.717, 1.165) is 0 Å². The fourth-order valence-electron chi connectivity index (χ4n) is 3.14. The lowest BCUT2D eigenvalue weighted by atomic mass is 9.44. The van der Waals surface area contributed by atoms with E-state index in [1.807, 2.05) is 0 Å². The van der Waals surface area contributed by atoms with E-state index < -0.39 is 0 Å². The van der Waals surface area contributed by atoms with Gasteiger partial charge < -0.3 is 4.81 Å². The molecule has 1 nitrogen and oxygen atoms in total. The third-order valence-corrected chi connectivity index (χ3v) is 3.31. The van der Waals surface area contributed by atoms with Crippen LogP contribution in [0.4, 0.5) is 0 Å². The van der Waals surface area contributed by atoms with Gasteiger partial charge in [0.05, 0.1) is 0 Å². The van der Waals surface area contributed by atoms with Crippen LogP contribution in [0, 0.1) is 10.8 Å². The van der Waals surface area contributed by atoms with E-state index >= 15 is 0 Å². The van der Waals surface area contributed by atoms with Crippen LogP contribution in [0.5, 0.6) is 0 Å². The zero-order chi connectivity index (χ0) is 14.7. The summed E-state index contributed by atoms with van der Waals surface area (Å²) in [6, 6.07) is 1.25. The van der Waals surface area contributed by atoms with Gasteiger partial charge in [0, 0.05) is 0 Å². The van der Waals surface area contributed by atoms with E-state index in [1.54, 1.807) is 0 Å². The molecular formula is C16H36BN. The first-order chi connectivity index (χ1) is 7.83. The van der Waals surface area contributed by atoms with Gasteiger partial charge in [-0.15, -0.1) is 0 Å². The first-order valence-corrected chi connectivity index (χ1v) is 7.61. The molecule has 2 heteroatoms. The molecular weight excluding hydrogens is 217 g/mol. The van der Waals surface area contributed by atoms with Crippen LogP contribution >= 0.6 is 0 Å². The SMILES string of the molecule is CC(C)N(B(CC(C)(C)C)CC(C)(C)C)C(C)C. The zero-order valence-corrected chi connectivity index (χ0v) is 14.6. The van der Waals surface area contributed by atoms with Crippen LogP contribution in [0.2, 0.25) is 12.6 Å². The van der Waals surface area contributed by atoms with Gasteiger partial charge in [-0.2, -0.15) is 0 Å². The largest absolute Gasteiger partial charge is 0.337 e. The molecule has 0 aromatic rings. The molecule has 0 aliphatic heterocycles. The lowest BCUT2D eigenvalue weighted by Gasteiger charge is -2.41. The third-order valence-electron chi connectivity index (χ3n) is 3.31. The van der Waals surface area contributed by atoms with Gasteiger partial charge in [-0.25, -0.2) is 0 Å². The van der Waals surface area contributed by atoms with E-state index in [9.17, 15) is 0 Å². The van der Waals surface area contributed by atoms with Crippen LogP contribution < -0.4 is 0 Å². The summed E-state index contributed by atoms with van der Waals surface area (Å²) in [6.07, 6.45) is 2.56. The van der Waals surface area contributed by atoms with Crippen LogP contribution in [0.15, 0.2) is 0 Å². The second-order valence-corrected chi connectivity index (χ2v) is 8.82. The van der Waals surface area contributed by atoms with Gasteiger partial charge in [0.25, 0.3) is 0 Å².